The molecule has 0 heterocycles. The maximum atomic E-state index is 11.7. The number of amides is 1. The normalized spacial score (nSPS) is 12.1. The Bertz CT molecular complexity index is 523. The van der Waals surface area contributed by atoms with Gasteiger partial charge in [0.1, 0.15) is 6.54 Å². The van der Waals surface area contributed by atoms with Gasteiger partial charge in [-0.3, -0.25) is 4.79 Å². The molecule has 0 bridgehead atoms. The van der Waals surface area contributed by atoms with E-state index in [1.54, 1.807) is 21.2 Å². The number of methoxy groups -OCH3 is 1. The average molecular weight is 469 g/mol. The van der Waals surface area contributed by atoms with Gasteiger partial charge in [0.2, 0.25) is 5.91 Å². The third kappa shape index (κ3) is 8.70. The van der Waals surface area contributed by atoms with Crippen LogP contribution in [0.2, 0.25) is 5.02 Å². The van der Waals surface area contributed by atoms with E-state index in [1.807, 2.05) is 31.2 Å². The molecule has 0 aliphatic heterocycles. The number of carbonyl (C=O) groups is 1. The summed E-state index contributed by atoms with van der Waals surface area (Å²) < 4.78 is 5.02. The average Bonchev–Trinajstić information content (AvgIpc) is 2.52. The molecule has 0 saturated carbocycles. The first kappa shape index (κ1) is 22.9. The quantitative estimate of drug-likeness (QED) is 0.279. The lowest BCUT2D eigenvalue weighted by Crippen LogP contribution is -2.41. The highest BCUT2D eigenvalue weighted by Crippen LogP contribution is 2.15. The van der Waals surface area contributed by atoms with Crippen LogP contribution in [0.25, 0.3) is 0 Å². The van der Waals surface area contributed by atoms with Crippen LogP contribution in [0.15, 0.2) is 29.3 Å². The molecule has 0 fully saturated rings. The smallest absolute Gasteiger partial charge is 0.243 e. The van der Waals surface area contributed by atoms with Gasteiger partial charge in [-0.25, -0.2) is 4.99 Å². The Kier molecular flexibility index (Phi) is 11.8. The zero-order valence-electron chi connectivity index (χ0n) is 14.5. The molecule has 1 amide bonds. The summed E-state index contributed by atoms with van der Waals surface area (Å²) >= 11 is 5.91. The van der Waals surface area contributed by atoms with Crippen molar-refractivity contribution in [2.75, 3.05) is 40.9 Å². The maximum Gasteiger partial charge on any atom is 0.243 e. The second-order valence-electron chi connectivity index (χ2n) is 5.29. The summed E-state index contributed by atoms with van der Waals surface area (Å²) in [4.78, 5) is 17.5. The first-order valence-corrected chi connectivity index (χ1v) is 7.81. The largest absolute Gasteiger partial charge is 0.383 e. The fraction of sp³-hybridized carbons (Fsp3) is 0.500. The third-order valence-electron chi connectivity index (χ3n) is 3.19. The van der Waals surface area contributed by atoms with Crippen molar-refractivity contribution >= 4 is 47.4 Å². The predicted octanol–water partition coefficient (Wildman–Crippen LogP) is 2.29. The molecule has 24 heavy (non-hydrogen) atoms. The molecule has 0 saturated heterocycles. The number of hydrogen-bond acceptors (Lipinski definition) is 3. The molecular formula is C16H26ClIN4O2. The summed E-state index contributed by atoms with van der Waals surface area (Å²) in [5, 5.41) is 7.12. The number of hydrogen-bond donors (Lipinski definition) is 2. The van der Waals surface area contributed by atoms with Crippen molar-refractivity contribution in [2.24, 2.45) is 4.99 Å². The molecule has 0 aromatic heterocycles. The zero-order chi connectivity index (χ0) is 17.2. The number of aliphatic imine (C=N–C) groups is 1. The van der Waals surface area contributed by atoms with Gasteiger partial charge in [0, 0.05) is 32.8 Å². The molecular weight excluding hydrogens is 443 g/mol. The minimum Gasteiger partial charge on any atom is -0.383 e. The van der Waals surface area contributed by atoms with Crippen molar-refractivity contribution in [1.82, 2.24) is 15.5 Å². The monoisotopic (exact) mass is 468 g/mol. The van der Waals surface area contributed by atoms with E-state index in [4.69, 9.17) is 16.3 Å². The van der Waals surface area contributed by atoms with Gasteiger partial charge >= 0.3 is 0 Å². The fourth-order valence-electron chi connectivity index (χ4n) is 1.75. The molecule has 0 aliphatic carbocycles. The number of rotatable bonds is 7. The van der Waals surface area contributed by atoms with Crippen LogP contribution in [0.5, 0.6) is 0 Å². The number of nitrogens with zero attached hydrogens (tertiary/aromatic N) is 2. The molecule has 1 rings (SSSR count). The second-order valence-corrected chi connectivity index (χ2v) is 5.73. The van der Waals surface area contributed by atoms with E-state index >= 15 is 0 Å². The summed E-state index contributed by atoms with van der Waals surface area (Å²) in [6.45, 7) is 3.26. The summed E-state index contributed by atoms with van der Waals surface area (Å²) in [7, 11) is 5.05. The molecule has 0 spiro atoms. The van der Waals surface area contributed by atoms with Crippen LogP contribution in [-0.4, -0.2) is 57.7 Å². The number of guanidine groups is 1. The number of nitrogens with one attached hydrogen (secondary N) is 2. The van der Waals surface area contributed by atoms with Gasteiger partial charge in [0.15, 0.2) is 5.96 Å². The Morgan fingerprint density at radius 3 is 2.50 bits per heavy atom. The van der Waals surface area contributed by atoms with Crippen LogP contribution in [0.1, 0.15) is 18.5 Å². The number of halogens is 2. The van der Waals surface area contributed by atoms with Crippen LogP contribution in [-0.2, 0) is 9.53 Å². The van der Waals surface area contributed by atoms with Crippen molar-refractivity contribution < 1.29 is 9.53 Å². The molecule has 0 aliphatic rings. The maximum absolute atomic E-state index is 11.7. The van der Waals surface area contributed by atoms with E-state index in [-0.39, 0.29) is 42.5 Å². The van der Waals surface area contributed by atoms with Gasteiger partial charge in [-0.1, -0.05) is 23.7 Å². The molecule has 2 N–H and O–H groups in total. The van der Waals surface area contributed by atoms with Crippen LogP contribution >= 0.6 is 35.6 Å². The summed E-state index contributed by atoms with van der Waals surface area (Å²) in [5.74, 6) is 0.511. The number of ether oxygens (including phenoxy) is 1. The molecule has 6 nitrogen and oxygen atoms in total. The molecule has 1 atom stereocenters. The Morgan fingerprint density at radius 1 is 1.33 bits per heavy atom. The minimum absolute atomic E-state index is 0. The molecule has 1 aromatic carbocycles. The van der Waals surface area contributed by atoms with Gasteiger partial charge < -0.3 is 20.3 Å². The van der Waals surface area contributed by atoms with Crippen molar-refractivity contribution in [3.63, 3.8) is 0 Å². The standard InChI is InChI=1S/C16H25ClN4O2.HI/c1-12(13-5-7-14(17)8-6-13)20-16(18-9-10-23-4)19-11-15(22)21(2)3;/h5-8,12H,9-11H2,1-4H3,(H2,18,19,20);1H. The lowest BCUT2D eigenvalue weighted by Gasteiger charge is -2.19. The van der Waals surface area contributed by atoms with E-state index in [1.165, 1.54) is 4.90 Å². The summed E-state index contributed by atoms with van der Waals surface area (Å²) in [6, 6.07) is 7.63. The van der Waals surface area contributed by atoms with Gasteiger partial charge in [-0.05, 0) is 24.6 Å². The molecule has 136 valence electrons. The Hall–Kier alpha value is -1.06. The lowest BCUT2D eigenvalue weighted by molar-refractivity contribution is -0.127. The first-order chi connectivity index (χ1) is 10.9. The van der Waals surface area contributed by atoms with E-state index in [2.05, 4.69) is 15.6 Å². The van der Waals surface area contributed by atoms with Gasteiger partial charge in [-0.2, -0.15) is 0 Å². The van der Waals surface area contributed by atoms with Crippen LogP contribution < -0.4 is 10.6 Å². The van der Waals surface area contributed by atoms with E-state index in [9.17, 15) is 4.79 Å². The number of carbonyl (C=O) groups excluding carboxylic acids is 1. The molecule has 8 heteroatoms. The third-order valence-corrected chi connectivity index (χ3v) is 3.45. The molecule has 1 aromatic rings. The van der Waals surface area contributed by atoms with Gasteiger partial charge in [-0.15, -0.1) is 24.0 Å². The Balaban J connectivity index is 0.00000529. The number of benzene rings is 1. The van der Waals surface area contributed by atoms with Crippen LogP contribution in [0, 0.1) is 0 Å². The fourth-order valence-corrected chi connectivity index (χ4v) is 1.88. The first-order valence-electron chi connectivity index (χ1n) is 7.43. The second kappa shape index (κ2) is 12.3. The summed E-state index contributed by atoms with van der Waals surface area (Å²) in [6.07, 6.45) is 0. The van der Waals surface area contributed by atoms with Crippen molar-refractivity contribution in [2.45, 2.75) is 13.0 Å². The van der Waals surface area contributed by atoms with E-state index in [0.717, 1.165) is 5.56 Å². The van der Waals surface area contributed by atoms with Crippen molar-refractivity contribution in [3.8, 4) is 0 Å². The highest BCUT2D eigenvalue weighted by Gasteiger charge is 2.09. The van der Waals surface area contributed by atoms with Crippen LogP contribution in [0.3, 0.4) is 0 Å². The van der Waals surface area contributed by atoms with E-state index < -0.39 is 0 Å². The Morgan fingerprint density at radius 2 is 1.96 bits per heavy atom. The molecule has 1 unspecified atom stereocenters. The Labute approximate surface area is 166 Å². The van der Waals surface area contributed by atoms with E-state index in [0.29, 0.717) is 24.1 Å². The SMILES string of the molecule is COCCNC(=NCC(=O)N(C)C)NC(C)c1ccc(Cl)cc1.I. The lowest BCUT2D eigenvalue weighted by atomic mass is 10.1. The van der Waals surface area contributed by atoms with Crippen molar-refractivity contribution in [1.29, 1.82) is 0 Å². The van der Waals surface area contributed by atoms with Gasteiger partial charge in [0.05, 0.1) is 12.6 Å². The topological polar surface area (TPSA) is 66.0 Å². The highest BCUT2D eigenvalue weighted by atomic mass is 127. The van der Waals surface area contributed by atoms with Gasteiger partial charge in [0.25, 0.3) is 0 Å². The molecule has 0 radical (unpaired) electrons. The predicted molar refractivity (Wildman–Crippen MR) is 109 cm³/mol. The number of likely N-dealkylation sites (N-methyl/N-ethyl adjacent to an activating group) is 1. The zero-order valence-corrected chi connectivity index (χ0v) is 17.6. The van der Waals surface area contributed by atoms with Crippen molar-refractivity contribution in [3.05, 3.63) is 34.9 Å². The van der Waals surface area contributed by atoms with Crippen LogP contribution in [0.4, 0.5) is 0 Å². The minimum atomic E-state index is -0.0583. The summed E-state index contributed by atoms with van der Waals surface area (Å²) in [5.41, 5.74) is 1.08. The highest BCUT2D eigenvalue weighted by molar-refractivity contribution is 14.0.